The third-order valence-corrected chi connectivity index (χ3v) is 4.18. The molecule has 0 heterocycles. The molecule has 0 radical (unpaired) electrons. The van der Waals surface area contributed by atoms with Gasteiger partial charge in [-0.05, 0) is 11.1 Å². The number of aliphatic carboxylic acids is 1. The number of hydrogen-bond donors (Lipinski definition) is 1. The van der Waals surface area contributed by atoms with Gasteiger partial charge in [0.15, 0.2) is 0 Å². The van der Waals surface area contributed by atoms with E-state index < -0.39 is 13.6 Å². The fourth-order valence-electron chi connectivity index (χ4n) is 1.36. The maximum absolute atomic E-state index is 11.8. The Hall–Kier alpha value is -1.16. The molecule has 5 nitrogen and oxygen atoms in total. The van der Waals surface area contributed by atoms with Gasteiger partial charge in [-0.25, -0.2) is 0 Å². The van der Waals surface area contributed by atoms with Gasteiger partial charge in [-0.1, -0.05) is 24.3 Å². The minimum absolute atomic E-state index is 0.0213. The first kappa shape index (κ1) is 13.9. The molecule has 0 spiro atoms. The lowest BCUT2D eigenvalue weighted by molar-refractivity contribution is -0.136. The van der Waals surface area contributed by atoms with Gasteiger partial charge >= 0.3 is 13.6 Å². The van der Waals surface area contributed by atoms with Crippen molar-refractivity contribution in [3.8, 4) is 0 Å². The van der Waals surface area contributed by atoms with E-state index in [1.54, 1.807) is 24.3 Å². The topological polar surface area (TPSA) is 72.8 Å². The number of carboxylic acid groups (broad SMARTS) is 1. The summed E-state index contributed by atoms with van der Waals surface area (Å²) < 4.78 is 21.5. The van der Waals surface area contributed by atoms with E-state index >= 15 is 0 Å². The second-order valence-electron chi connectivity index (χ2n) is 3.52. The molecular formula is C11H15O5P. The van der Waals surface area contributed by atoms with E-state index in [0.717, 1.165) is 5.56 Å². The lowest BCUT2D eigenvalue weighted by atomic mass is 10.1. The summed E-state index contributed by atoms with van der Waals surface area (Å²) >= 11 is 0. The van der Waals surface area contributed by atoms with Gasteiger partial charge in [-0.3, -0.25) is 9.36 Å². The average molecular weight is 258 g/mol. The lowest BCUT2D eigenvalue weighted by Gasteiger charge is -2.13. The van der Waals surface area contributed by atoms with Crippen LogP contribution in [0.15, 0.2) is 24.3 Å². The van der Waals surface area contributed by atoms with Crippen LogP contribution >= 0.6 is 7.60 Å². The molecule has 0 saturated carbocycles. The third kappa shape index (κ3) is 4.30. The van der Waals surface area contributed by atoms with Crippen LogP contribution < -0.4 is 0 Å². The Kier molecular flexibility index (Phi) is 4.87. The van der Waals surface area contributed by atoms with Crippen molar-refractivity contribution < 1.29 is 23.5 Å². The summed E-state index contributed by atoms with van der Waals surface area (Å²) in [7, 11) is -0.389. The van der Waals surface area contributed by atoms with Crippen LogP contribution in [0.1, 0.15) is 11.1 Å². The van der Waals surface area contributed by atoms with Gasteiger partial charge in [0.2, 0.25) is 0 Å². The summed E-state index contributed by atoms with van der Waals surface area (Å²) in [5.74, 6) is -0.878. The monoisotopic (exact) mass is 258 g/mol. The van der Waals surface area contributed by atoms with Crippen LogP contribution in [0, 0.1) is 0 Å². The predicted octanol–water partition coefficient (Wildman–Crippen LogP) is 2.30. The van der Waals surface area contributed by atoms with Crippen molar-refractivity contribution in [3.05, 3.63) is 35.4 Å². The first-order valence-corrected chi connectivity index (χ1v) is 6.72. The Morgan fingerprint density at radius 1 is 1.18 bits per heavy atom. The van der Waals surface area contributed by atoms with Gasteiger partial charge in [0.1, 0.15) is 0 Å². The number of benzene rings is 1. The van der Waals surface area contributed by atoms with E-state index in [2.05, 4.69) is 0 Å². The number of carbonyl (C=O) groups is 1. The molecule has 0 aliphatic heterocycles. The third-order valence-electron chi connectivity index (χ3n) is 2.31. The molecule has 0 saturated heterocycles. The van der Waals surface area contributed by atoms with Crippen molar-refractivity contribution >= 4 is 13.6 Å². The van der Waals surface area contributed by atoms with Gasteiger partial charge in [0, 0.05) is 14.2 Å². The first-order chi connectivity index (χ1) is 7.99. The number of hydrogen-bond acceptors (Lipinski definition) is 4. The normalized spacial score (nSPS) is 11.4. The predicted molar refractivity (Wildman–Crippen MR) is 63.1 cm³/mol. The minimum atomic E-state index is -3.06. The Labute approximate surface area is 99.9 Å². The van der Waals surface area contributed by atoms with Crippen LogP contribution in [0.5, 0.6) is 0 Å². The van der Waals surface area contributed by atoms with Crippen molar-refractivity contribution in [2.24, 2.45) is 0 Å². The zero-order valence-corrected chi connectivity index (χ0v) is 10.6. The fourth-order valence-corrected chi connectivity index (χ4v) is 2.43. The molecule has 1 aromatic rings. The van der Waals surface area contributed by atoms with Gasteiger partial charge in [-0.15, -0.1) is 0 Å². The summed E-state index contributed by atoms with van der Waals surface area (Å²) in [5, 5.41) is 8.61. The van der Waals surface area contributed by atoms with Crippen molar-refractivity contribution in [2.45, 2.75) is 12.6 Å². The smallest absolute Gasteiger partial charge is 0.334 e. The molecule has 0 aromatic heterocycles. The van der Waals surface area contributed by atoms with Crippen LogP contribution in [0.2, 0.25) is 0 Å². The second kappa shape index (κ2) is 5.96. The number of rotatable bonds is 6. The van der Waals surface area contributed by atoms with Crippen LogP contribution in [0.3, 0.4) is 0 Å². The Morgan fingerprint density at radius 3 is 2.06 bits per heavy atom. The summed E-state index contributed by atoms with van der Waals surface area (Å²) in [4.78, 5) is 10.5. The Balaban J connectivity index is 2.74. The quantitative estimate of drug-likeness (QED) is 0.792. The highest BCUT2D eigenvalue weighted by molar-refractivity contribution is 7.52. The first-order valence-electron chi connectivity index (χ1n) is 4.99. The Morgan fingerprint density at radius 2 is 1.65 bits per heavy atom. The van der Waals surface area contributed by atoms with E-state index in [1.807, 2.05) is 0 Å². The summed E-state index contributed by atoms with van der Waals surface area (Å²) in [6.45, 7) is 0. The zero-order valence-electron chi connectivity index (χ0n) is 9.75. The average Bonchev–Trinajstić information content (AvgIpc) is 2.31. The SMILES string of the molecule is COP(=O)(Cc1ccc(CC(=O)O)cc1)OC. The molecule has 0 aliphatic rings. The molecule has 6 heteroatoms. The molecule has 17 heavy (non-hydrogen) atoms. The molecule has 1 aromatic carbocycles. The van der Waals surface area contributed by atoms with Crippen molar-refractivity contribution in [2.75, 3.05) is 14.2 Å². The minimum Gasteiger partial charge on any atom is -0.481 e. The van der Waals surface area contributed by atoms with Gasteiger partial charge in [0.05, 0.1) is 12.6 Å². The lowest BCUT2D eigenvalue weighted by Crippen LogP contribution is -2.00. The molecule has 94 valence electrons. The van der Waals surface area contributed by atoms with E-state index in [0.29, 0.717) is 5.56 Å². The molecule has 1 N–H and O–H groups in total. The highest BCUT2D eigenvalue weighted by Crippen LogP contribution is 2.49. The molecule has 0 fully saturated rings. The van der Waals surface area contributed by atoms with Gasteiger partial charge in [0.25, 0.3) is 0 Å². The van der Waals surface area contributed by atoms with Crippen molar-refractivity contribution in [1.29, 1.82) is 0 Å². The van der Waals surface area contributed by atoms with Gasteiger partial charge in [-0.2, -0.15) is 0 Å². The van der Waals surface area contributed by atoms with Crippen LogP contribution in [-0.2, 0) is 31.0 Å². The van der Waals surface area contributed by atoms with Gasteiger partial charge < -0.3 is 14.2 Å². The van der Waals surface area contributed by atoms with Crippen molar-refractivity contribution in [1.82, 2.24) is 0 Å². The molecule has 0 aliphatic carbocycles. The molecule has 0 amide bonds. The highest BCUT2D eigenvalue weighted by atomic mass is 31.2. The number of carboxylic acids is 1. The Bertz CT molecular complexity index is 418. The van der Waals surface area contributed by atoms with Crippen LogP contribution in [-0.4, -0.2) is 25.3 Å². The fraction of sp³-hybridized carbons (Fsp3) is 0.364. The summed E-state index contributed by atoms with van der Waals surface area (Å²) in [6.07, 6.45) is 0.153. The summed E-state index contributed by atoms with van der Waals surface area (Å²) in [5.41, 5.74) is 1.48. The molecule has 1 rings (SSSR count). The summed E-state index contributed by atoms with van der Waals surface area (Å²) in [6, 6.07) is 6.84. The standard InChI is InChI=1S/C11H15O5P/c1-15-17(14,16-2)8-10-5-3-9(4-6-10)7-11(12)13/h3-6H,7-8H2,1-2H3,(H,12,13). The maximum atomic E-state index is 11.8. The van der Waals surface area contributed by atoms with E-state index in [1.165, 1.54) is 14.2 Å². The second-order valence-corrected chi connectivity index (χ2v) is 5.79. The van der Waals surface area contributed by atoms with E-state index in [-0.39, 0.29) is 12.6 Å². The molecular weight excluding hydrogens is 243 g/mol. The molecule has 0 bridgehead atoms. The largest absolute Gasteiger partial charge is 0.481 e. The maximum Gasteiger partial charge on any atom is 0.334 e. The van der Waals surface area contributed by atoms with E-state index in [4.69, 9.17) is 14.2 Å². The van der Waals surface area contributed by atoms with Crippen molar-refractivity contribution in [3.63, 3.8) is 0 Å². The van der Waals surface area contributed by atoms with E-state index in [9.17, 15) is 9.36 Å². The van der Waals surface area contributed by atoms with Crippen LogP contribution in [0.25, 0.3) is 0 Å². The zero-order chi connectivity index (χ0) is 12.9. The highest BCUT2D eigenvalue weighted by Gasteiger charge is 2.21. The van der Waals surface area contributed by atoms with Crippen LogP contribution in [0.4, 0.5) is 0 Å². The molecule has 0 unspecified atom stereocenters. The molecule has 0 atom stereocenters.